The average molecular weight is 309 g/mol. The molecule has 2 N–H and O–H groups in total. The molecule has 0 bridgehead atoms. The first-order valence-electron chi connectivity index (χ1n) is 6.15. The van der Waals surface area contributed by atoms with Gasteiger partial charge in [0.15, 0.2) is 0 Å². The van der Waals surface area contributed by atoms with Crippen molar-refractivity contribution in [1.82, 2.24) is 5.32 Å². The molecular weight excluding hydrogens is 295 g/mol. The summed E-state index contributed by atoms with van der Waals surface area (Å²) in [4.78, 5) is 11.8. The zero-order valence-electron chi connectivity index (χ0n) is 10.7. The topological polar surface area (TPSA) is 41.1 Å². The predicted molar refractivity (Wildman–Crippen MR) is 83.2 cm³/mol. The van der Waals surface area contributed by atoms with Crippen LogP contribution in [0.3, 0.4) is 0 Å². The summed E-state index contributed by atoms with van der Waals surface area (Å²) in [6, 6.07) is 14.6. The number of para-hydroxylation sites is 1. The summed E-state index contributed by atoms with van der Waals surface area (Å²) < 4.78 is 0. The lowest BCUT2D eigenvalue weighted by molar-refractivity contribution is -0.115. The van der Waals surface area contributed by atoms with Gasteiger partial charge in [-0.2, -0.15) is 0 Å². The van der Waals surface area contributed by atoms with E-state index in [1.54, 1.807) is 12.1 Å². The van der Waals surface area contributed by atoms with Crippen molar-refractivity contribution in [3.63, 3.8) is 0 Å². The molecule has 2 aromatic carbocycles. The molecule has 0 aromatic heterocycles. The summed E-state index contributed by atoms with van der Waals surface area (Å²) in [5.41, 5.74) is 1.57. The number of anilines is 1. The fraction of sp³-hybridized carbons (Fsp3) is 0.133. The molecule has 0 saturated heterocycles. The van der Waals surface area contributed by atoms with Crippen LogP contribution in [0.25, 0.3) is 0 Å². The fourth-order valence-electron chi connectivity index (χ4n) is 1.71. The molecule has 0 aliphatic rings. The minimum atomic E-state index is -0.148. The van der Waals surface area contributed by atoms with Crippen LogP contribution in [0.15, 0.2) is 48.5 Å². The van der Waals surface area contributed by atoms with Crippen molar-refractivity contribution in [3.8, 4) is 0 Å². The lowest BCUT2D eigenvalue weighted by Gasteiger charge is -2.08. The quantitative estimate of drug-likeness (QED) is 0.884. The van der Waals surface area contributed by atoms with E-state index >= 15 is 0 Å². The van der Waals surface area contributed by atoms with Gasteiger partial charge in [-0.1, -0.05) is 53.5 Å². The van der Waals surface area contributed by atoms with Crippen LogP contribution in [-0.2, 0) is 11.3 Å². The molecule has 0 heterocycles. The number of amides is 1. The van der Waals surface area contributed by atoms with Gasteiger partial charge in [0, 0.05) is 11.6 Å². The Morgan fingerprint density at radius 1 is 0.950 bits per heavy atom. The summed E-state index contributed by atoms with van der Waals surface area (Å²) in [6.07, 6.45) is 0. The van der Waals surface area contributed by atoms with E-state index in [0.717, 1.165) is 5.56 Å². The van der Waals surface area contributed by atoms with Gasteiger partial charge in [0.2, 0.25) is 5.91 Å². The first-order valence-corrected chi connectivity index (χ1v) is 6.91. The molecule has 0 radical (unpaired) electrons. The lowest BCUT2D eigenvalue weighted by atomic mass is 10.2. The molecule has 3 nitrogen and oxygen atoms in total. The second kappa shape index (κ2) is 7.29. The van der Waals surface area contributed by atoms with Crippen LogP contribution in [0.4, 0.5) is 5.69 Å². The summed E-state index contributed by atoms with van der Waals surface area (Å²) in [5.74, 6) is -0.148. The van der Waals surface area contributed by atoms with E-state index in [0.29, 0.717) is 22.3 Å². The van der Waals surface area contributed by atoms with Crippen molar-refractivity contribution in [2.24, 2.45) is 0 Å². The SMILES string of the molecule is O=C(CNCc1ccccc1Cl)Nc1ccccc1Cl. The molecule has 0 aliphatic heterocycles. The van der Waals surface area contributed by atoms with Crippen molar-refractivity contribution in [2.75, 3.05) is 11.9 Å². The number of benzene rings is 2. The van der Waals surface area contributed by atoms with Crippen molar-refractivity contribution >= 4 is 34.8 Å². The van der Waals surface area contributed by atoms with Crippen LogP contribution in [-0.4, -0.2) is 12.5 Å². The molecule has 0 aliphatic carbocycles. The maximum absolute atomic E-state index is 11.8. The van der Waals surface area contributed by atoms with Gasteiger partial charge in [-0.05, 0) is 23.8 Å². The summed E-state index contributed by atoms with van der Waals surface area (Å²) in [7, 11) is 0. The highest BCUT2D eigenvalue weighted by Crippen LogP contribution is 2.20. The molecule has 104 valence electrons. The van der Waals surface area contributed by atoms with Crippen molar-refractivity contribution in [2.45, 2.75) is 6.54 Å². The fourth-order valence-corrected chi connectivity index (χ4v) is 2.09. The Morgan fingerprint density at radius 3 is 2.30 bits per heavy atom. The highest BCUT2D eigenvalue weighted by molar-refractivity contribution is 6.33. The van der Waals surface area contributed by atoms with Crippen LogP contribution in [0.5, 0.6) is 0 Å². The van der Waals surface area contributed by atoms with Crippen molar-refractivity contribution in [1.29, 1.82) is 0 Å². The number of halogens is 2. The zero-order valence-corrected chi connectivity index (χ0v) is 12.2. The van der Waals surface area contributed by atoms with Crippen LogP contribution in [0, 0.1) is 0 Å². The van der Waals surface area contributed by atoms with Gasteiger partial charge in [0.1, 0.15) is 0 Å². The third-order valence-electron chi connectivity index (χ3n) is 2.71. The van der Waals surface area contributed by atoms with E-state index in [-0.39, 0.29) is 12.5 Å². The first kappa shape index (κ1) is 14.9. The van der Waals surface area contributed by atoms with Crippen molar-refractivity contribution < 1.29 is 4.79 Å². The van der Waals surface area contributed by atoms with E-state index in [9.17, 15) is 4.79 Å². The highest BCUT2D eigenvalue weighted by atomic mass is 35.5. The standard InChI is InChI=1S/C15H14Cl2N2O/c16-12-6-2-1-5-11(12)9-18-10-15(20)19-14-8-4-3-7-13(14)17/h1-8,18H,9-10H2,(H,19,20). The highest BCUT2D eigenvalue weighted by Gasteiger charge is 2.05. The number of carbonyl (C=O) groups excluding carboxylic acids is 1. The Balaban J connectivity index is 1.82. The predicted octanol–water partition coefficient (Wildman–Crippen LogP) is 3.72. The Morgan fingerprint density at radius 2 is 1.60 bits per heavy atom. The van der Waals surface area contributed by atoms with E-state index in [1.165, 1.54) is 0 Å². The minimum absolute atomic E-state index is 0.148. The molecule has 20 heavy (non-hydrogen) atoms. The minimum Gasteiger partial charge on any atom is -0.324 e. The van der Waals surface area contributed by atoms with E-state index in [2.05, 4.69) is 10.6 Å². The van der Waals surface area contributed by atoms with Gasteiger partial charge in [0.05, 0.1) is 17.3 Å². The average Bonchev–Trinajstić information content (AvgIpc) is 2.43. The first-order chi connectivity index (χ1) is 9.66. The number of hydrogen-bond acceptors (Lipinski definition) is 2. The van der Waals surface area contributed by atoms with Gasteiger partial charge < -0.3 is 10.6 Å². The third kappa shape index (κ3) is 4.23. The van der Waals surface area contributed by atoms with Gasteiger partial charge in [-0.3, -0.25) is 4.79 Å². The molecule has 0 fully saturated rings. The van der Waals surface area contributed by atoms with Crippen LogP contribution < -0.4 is 10.6 Å². The molecular formula is C15H14Cl2N2O. The van der Waals surface area contributed by atoms with E-state index in [4.69, 9.17) is 23.2 Å². The summed E-state index contributed by atoms with van der Waals surface area (Å²) in [5, 5.41) is 6.99. The Bertz CT molecular complexity index is 602. The maximum Gasteiger partial charge on any atom is 0.238 e. The molecule has 1 amide bonds. The number of carbonyl (C=O) groups is 1. The molecule has 2 rings (SSSR count). The van der Waals surface area contributed by atoms with Crippen LogP contribution in [0.1, 0.15) is 5.56 Å². The molecule has 0 spiro atoms. The van der Waals surface area contributed by atoms with Crippen LogP contribution in [0.2, 0.25) is 10.0 Å². The smallest absolute Gasteiger partial charge is 0.238 e. The second-order valence-corrected chi connectivity index (χ2v) is 5.04. The van der Waals surface area contributed by atoms with Crippen molar-refractivity contribution in [3.05, 3.63) is 64.1 Å². The van der Waals surface area contributed by atoms with Gasteiger partial charge in [-0.15, -0.1) is 0 Å². The Hall–Kier alpha value is -1.55. The molecule has 0 saturated carbocycles. The normalized spacial score (nSPS) is 10.3. The van der Waals surface area contributed by atoms with E-state index in [1.807, 2.05) is 36.4 Å². The maximum atomic E-state index is 11.8. The molecule has 5 heteroatoms. The second-order valence-electron chi connectivity index (χ2n) is 4.22. The largest absolute Gasteiger partial charge is 0.324 e. The van der Waals surface area contributed by atoms with Gasteiger partial charge in [0.25, 0.3) is 0 Å². The molecule has 2 aromatic rings. The van der Waals surface area contributed by atoms with E-state index < -0.39 is 0 Å². The Kier molecular flexibility index (Phi) is 5.41. The third-order valence-corrected chi connectivity index (χ3v) is 3.41. The Labute approximate surface area is 127 Å². The van der Waals surface area contributed by atoms with Gasteiger partial charge in [-0.25, -0.2) is 0 Å². The molecule has 0 unspecified atom stereocenters. The molecule has 0 atom stereocenters. The number of hydrogen-bond donors (Lipinski definition) is 2. The lowest BCUT2D eigenvalue weighted by Crippen LogP contribution is -2.27. The monoisotopic (exact) mass is 308 g/mol. The number of nitrogens with one attached hydrogen (secondary N) is 2. The summed E-state index contributed by atoms with van der Waals surface area (Å²) >= 11 is 12.0. The summed E-state index contributed by atoms with van der Waals surface area (Å²) in [6.45, 7) is 0.728. The number of rotatable bonds is 5. The zero-order chi connectivity index (χ0) is 14.4. The van der Waals surface area contributed by atoms with Gasteiger partial charge >= 0.3 is 0 Å². The van der Waals surface area contributed by atoms with Crippen LogP contribution >= 0.6 is 23.2 Å².